The number of amides is 2. The number of carboxylic acids is 1. The molecule has 1 aromatic carbocycles. The Kier molecular flexibility index (Phi) is 6.72. The standard InChI is InChI=1S/C16H24N2O3/c1-11(2)8-9-12(3)17-16(21)18-14-7-5-4-6-13(14)10-15(19)20/h4-7,11-12H,8-10H2,1-3H3,(H,19,20)(H2,17,18,21). The maximum absolute atomic E-state index is 11.9. The molecule has 1 unspecified atom stereocenters. The van der Waals surface area contributed by atoms with E-state index in [4.69, 9.17) is 5.11 Å². The molecular formula is C16H24N2O3. The number of carbonyl (C=O) groups is 2. The SMILES string of the molecule is CC(C)CCC(C)NC(=O)Nc1ccccc1CC(=O)O. The lowest BCUT2D eigenvalue weighted by Gasteiger charge is -2.16. The van der Waals surface area contributed by atoms with Gasteiger partial charge in [0.2, 0.25) is 0 Å². The number of benzene rings is 1. The van der Waals surface area contributed by atoms with Gasteiger partial charge in [-0.25, -0.2) is 4.79 Å². The van der Waals surface area contributed by atoms with E-state index in [1.807, 2.05) is 6.92 Å². The Balaban J connectivity index is 2.56. The first kappa shape index (κ1) is 17.0. The van der Waals surface area contributed by atoms with E-state index in [2.05, 4.69) is 24.5 Å². The second-order valence-electron chi connectivity index (χ2n) is 5.70. The minimum atomic E-state index is -0.921. The maximum Gasteiger partial charge on any atom is 0.319 e. The molecule has 5 nitrogen and oxygen atoms in total. The summed E-state index contributed by atoms with van der Waals surface area (Å²) in [5, 5.41) is 14.5. The normalized spacial score (nSPS) is 12.0. The van der Waals surface area contributed by atoms with E-state index in [9.17, 15) is 9.59 Å². The average Bonchev–Trinajstić information content (AvgIpc) is 2.38. The number of carbonyl (C=O) groups excluding carboxylic acids is 1. The van der Waals surface area contributed by atoms with Crippen molar-refractivity contribution in [1.29, 1.82) is 0 Å². The van der Waals surface area contributed by atoms with Gasteiger partial charge in [0, 0.05) is 11.7 Å². The molecule has 3 N–H and O–H groups in total. The quantitative estimate of drug-likeness (QED) is 0.721. The highest BCUT2D eigenvalue weighted by Crippen LogP contribution is 2.15. The number of aliphatic carboxylic acids is 1. The molecule has 2 amide bonds. The van der Waals surface area contributed by atoms with Gasteiger partial charge in [-0.15, -0.1) is 0 Å². The van der Waals surface area contributed by atoms with Gasteiger partial charge in [0.15, 0.2) is 0 Å². The highest BCUT2D eigenvalue weighted by atomic mass is 16.4. The Bertz CT molecular complexity index is 486. The third-order valence-corrected chi connectivity index (χ3v) is 3.16. The average molecular weight is 292 g/mol. The van der Waals surface area contributed by atoms with Gasteiger partial charge >= 0.3 is 12.0 Å². The van der Waals surface area contributed by atoms with Crippen molar-refractivity contribution in [2.75, 3.05) is 5.32 Å². The van der Waals surface area contributed by atoms with E-state index >= 15 is 0 Å². The van der Waals surface area contributed by atoms with E-state index in [-0.39, 0.29) is 18.5 Å². The maximum atomic E-state index is 11.9. The summed E-state index contributed by atoms with van der Waals surface area (Å²) in [5.74, 6) is -0.316. The number of hydrogen-bond acceptors (Lipinski definition) is 2. The van der Waals surface area contributed by atoms with Crippen molar-refractivity contribution < 1.29 is 14.7 Å². The van der Waals surface area contributed by atoms with Gasteiger partial charge in [0.25, 0.3) is 0 Å². The van der Waals surface area contributed by atoms with Crippen molar-refractivity contribution in [2.24, 2.45) is 5.92 Å². The van der Waals surface area contributed by atoms with Crippen molar-refractivity contribution >= 4 is 17.7 Å². The second kappa shape index (κ2) is 8.29. The van der Waals surface area contributed by atoms with Gasteiger partial charge in [0.05, 0.1) is 6.42 Å². The van der Waals surface area contributed by atoms with Crippen LogP contribution < -0.4 is 10.6 Å². The summed E-state index contributed by atoms with van der Waals surface area (Å²) in [7, 11) is 0. The molecule has 1 atom stereocenters. The molecule has 0 aliphatic rings. The summed E-state index contributed by atoms with van der Waals surface area (Å²) in [5.41, 5.74) is 1.13. The van der Waals surface area contributed by atoms with Crippen LogP contribution in [0, 0.1) is 5.92 Å². The van der Waals surface area contributed by atoms with E-state index in [1.165, 1.54) is 0 Å². The second-order valence-corrected chi connectivity index (χ2v) is 5.70. The van der Waals surface area contributed by atoms with Crippen LogP contribution in [0.5, 0.6) is 0 Å². The molecule has 1 rings (SSSR count). The predicted molar refractivity (Wildman–Crippen MR) is 83.5 cm³/mol. The van der Waals surface area contributed by atoms with Crippen LogP contribution in [0.15, 0.2) is 24.3 Å². The van der Waals surface area contributed by atoms with Gasteiger partial charge < -0.3 is 15.7 Å². The minimum absolute atomic E-state index is 0.0824. The van der Waals surface area contributed by atoms with E-state index in [0.29, 0.717) is 17.2 Å². The molecule has 0 aliphatic carbocycles. The van der Waals surface area contributed by atoms with Crippen LogP contribution in [0.3, 0.4) is 0 Å². The molecule has 0 fully saturated rings. The molecular weight excluding hydrogens is 268 g/mol. The number of carboxylic acid groups (broad SMARTS) is 1. The molecule has 0 saturated carbocycles. The molecule has 1 aromatic rings. The molecule has 0 bridgehead atoms. The first-order valence-electron chi connectivity index (χ1n) is 7.25. The van der Waals surface area contributed by atoms with Crippen LogP contribution in [0.1, 0.15) is 39.2 Å². The van der Waals surface area contributed by atoms with Crippen LogP contribution in [0.4, 0.5) is 10.5 Å². The number of rotatable bonds is 7. The van der Waals surface area contributed by atoms with Gasteiger partial charge in [-0.2, -0.15) is 0 Å². The molecule has 5 heteroatoms. The molecule has 0 spiro atoms. The van der Waals surface area contributed by atoms with Crippen LogP contribution >= 0.6 is 0 Å². The number of para-hydroxylation sites is 1. The van der Waals surface area contributed by atoms with Crippen molar-refractivity contribution in [3.8, 4) is 0 Å². The molecule has 0 aromatic heterocycles. The molecule has 0 saturated heterocycles. The topological polar surface area (TPSA) is 78.4 Å². The van der Waals surface area contributed by atoms with E-state index in [0.717, 1.165) is 12.8 Å². The van der Waals surface area contributed by atoms with E-state index < -0.39 is 5.97 Å². The molecule has 116 valence electrons. The van der Waals surface area contributed by atoms with Gasteiger partial charge in [-0.05, 0) is 37.3 Å². The fourth-order valence-corrected chi connectivity index (χ4v) is 2.00. The summed E-state index contributed by atoms with van der Waals surface area (Å²) in [4.78, 5) is 22.7. The fraction of sp³-hybridized carbons (Fsp3) is 0.500. The minimum Gasteiger partial charge on any atom is -0.481 e. The summed E-state index contributed by atoms with van der Waals surface area (Å²) >= 11 is 0. The lowest BCUT2D eigenvalue weighted by molar-refractivity contribution is -0.136. The molecule has 0 heterocycles. The Morgan fingerprint density at radius 2 is 1.81 bits per heavy atom. The van der Waals surface area contributed by atoms with Crippen LogP contribution in [-0.4, -0.2) is 23.1 Å². The Labute approximate surface area is 125 Å². The zero-order valence-electron chi connectivity index (χ0n) is 12.8. The van der Waals surface area contributed by atoms with Crippen molar-refractivity contribution in [3.05, 3.63) is 29.8 Å². The van der Waals surface area contributed by atoms with Crippen molar-refractivity contribution in [1.82, 2.24) is 5.32 Å². The summed E-state index contributed by atoms with van der Waals surface area (Å²) < 4.78 is 0. The zero-order chi connectivity index (χ0) is 15.8. The van der Waals surface area contributed by atoms with E-state index in [1.54, 1.807) is 24.3 Å². The first-order valence-corrected chi connectivity index (χ1v) is 7.25. The number of hydrogen-bond donors (Lipinski definition) is 3. The molecule has 21 heavy (non-hydrogen) atoms. The highest BCUT2D eigenvalue weighted by Gasteiger charge is 2.11. The molecule has 0 aliphatic heterocycles. The lowest BCUT2D eigenvalue weighted by Crippen LogP contribution is -2.36. The van der Waals surface area contributed by atoms with Gasteiger partial charge in [0.1, 0.15) is 0 Å². The fourth-order valence-electron chi connectivity index (χ4n) is 2.00. The summed E-state index contributed by atoms with van der Waals surface area (Å²) in [6.07, 6.45) is 1.86. The Morgan fingerprint density at radius 1 is 1.14 bits per heavy atom. The largest absolute Gasteiger partial charge is 0.481 e. The van der Waals surface area contributed by atoms with Crippen molar-refractivity contribution in [2.45, 2.75) is 46.1 Å². The third-order valence-electron chi connectivity index (χ3n) is 3.16. The first-order chi connectivity index (χ1) is 9.88. The zero-order valence-corrected chi connectivity index (χ0v) is 12.8. The van der Waals surface area contributed by atoms with Gasteiger partial charge in [-0.3, -0.25) is 4.79 Å². The number of nitrogens with one attached hydrogen (secondary N) is 2. The Hall–Kier alpha value is -2.04. The van der Waals surface area contributed by atoms with Crippen LogP contribution in [0.25, 0.3) is 0 Å². The smallest absolute Gasteiger partial charge is 0.319 e. The monoisotopic (exact) mass is 292 g/mol. The number of anilines is 1. The van der Waals surface area contributed by atoms with Crippen LogP contribution in [-0.2, 0) is 11.2 Å². The summed E-state index contributed by atoms with van der Waals surface area (Å²) in [6, 6.07) is 6.71. The Morgan fingerprint density at radius 3 is 2.43 bits per heavy atom. The summed E-state index contributed by atoms with van der Waals surface area (Å²) in [6.45, 7) is 6.26. The number of urea groups is 1. The van der Waals surface area contributed by atoms with Crippen molar-refractivity contribution in [3.63, 3.8) is 0 Å². The molecule has 0 radical (unpaired) electrons. The third kappa shape index (κ3) is 6.79. The predicted octanol–water partition coefficient (Wildman–Crippen LogP) is 3.26. The lowest BCUT2D eigenvalue weighted by atomic mass is 10.0. The van der Waals surface area contributed by atoms with Crippen LogP contribution in [0.2, 0.25) is 0 Å². The highest BCUT2D eigenvalue weighted by molar-refractivity contribution is 5.91. The van der Waals surface area contributed by atoms with Gasteiger partial charge in [-0.1, -0.05) is 32.0 Å².